The van der Waals surface area contributed by atoms with Crippen molar-refractivity contribution in [2.45, 2.75) is 38.7 Å². The number of halogens is 2. The summed E-state index contributed by atoms with van der Waals surface area (Å²) in [6.07, 6.45) is -1.85. The highest BCUT2D eigenvalue weighted by molar-refractivity contribution is 5.77. The van der Waals surface area contributed by atoms with Crippen LogP contribution in [-0.4, -0.2) is 29.7 Å². The highest BCUT2D eigenvalue weighted by atomic mass is 19.3. The Morgan fingerprint density at radius 2 is 2.08 bits per heavy atom. The van der Waals surface area contributed by atoms with Gasteiger partial charge in [-0.3, -0.25) is 0 Å². The van der Waals surface area contributed by atoms with Crippen LogP contribution in [0.5, 0.6) is 0 Å². The smallest absolute Gasteiger partial charge is 0.377 e. The number of hydrogen-bond donors (Lipinski definition) is 1. The molecule has 0 aliphatic carbocycles. The lowest BCUT2D eigenvalue weighted by molar-refractivity contribution is -0.175. The van der Waals surface area contributed by atoms with Crippen molar-refractivity contribution in [3.63, 3.8) is 0 Å². The number of carbonyl (C=O) groups excluding carboxylic acids is 1. The van der Waals surface area contributed by atoms with Crippen LogP contribution in [0.3, 0.4) is 0 Å². The van der Waals surface area contributed by atoms with E-state index in [0.29, 0.717) is 0 Å². The second-order valence-electron chi connectivity index (χ2n) is 2.69. The highest BCUT2D eigenvalue weighted by Crippen LogP contribution is 2.23. The van der Waals surface area contributed by atoms with Crippen LogP contribution in [0.25, 0.3) is 0 Å². The zero-order chi connectivity index (χ0) is 10.5. The van der Waals surface area contributed by atoms with Gasteiger partial charge in [0.25, 0.3) is 0 Å². The molecule has 0 spiro atoms. The van der Waals surface area contributed by atoms with Crippen LogP contribution in [0.15, 0.2) is 0 Å². The first-order valence-corrected chi connectivity index (χ1v) is 4.17. The van der Waals surface area contributed by atoms with E-state index in [9.17, 15) is 13.6 Å². The van der Waals surface area contributed by atoms with Crippen molar-refractivity contribution >= 4 is 5.97 Å². The van der Waals surface area contributed by atoms with Crippen LogP contribution in [0.2, 0.25) is 0 Å². The molecule has 0 radical (unpaired) electrons. The number of hydrogen-bond acceptors (Lipinski definition) is 3. The minimum atomic E-state index is -3.58. The average molecular weight is 196 g/mol. The monoisotopic (exact) mass is 196 g/mol. The van der Waals surface area contributed by atoms with E-state index in [4.69, 9.17) is 5.11 Å². The fourth-order valence-corrected chi connectivity index (χ4v) is 0.760. The number of aliphatic hydroxyl groups is 1. The molecule has 0 bridgehead atoms. The Balaban J connectivity index is 4.13. The molecule has 0 aromatic heterocycles. The summed E-state index contributed by atoms with van der Waals surface area (Å²) in [5.41, 5.74) is 0. The molecule has 0 aliphatic heterocycles. The molecular weight excluding hydrogens is 182 g/mol. The summed E-state index contributed by atoms with van der Waals surface area (Å²) in [5.74, 6) is -5.15. The van der Waals surface area contributed by atoms with Crippen molar-refractivity contribution in [1.82, 2.24) is 0 Å². The first kappa shape index (κ1) is 12.3. The molecule has 0 saturated heterocycles. The van der Waals surface area contributed by atoms with Gasteiger partial charge in [0.05, 0.1) is 12.7 Å². The maximum absolute atomic E-state index is 12.8. The minimum absolute atomic E-state index is 0.0867. The fourth-order valence-electron chi connectivity index (χ4n) is 0.760. The Morgan fingerprint density at radius 3 is 2.46 bits per heavy atom. The van der Waals surface area contributed by atoms with Gasteiger partial charge in [-0.25, -0.2) is 4.79 Å². The van der Waals surface area contributed by atoms with E-state index in [-0.39, 0.29) is 13.0 Å². The maximum atomic E-state index is 12.8. The lowest BCUT2D eigenvalue weighted by atomic mass is 10.1. The van der Waals surface area contributed by atoms with E-state index >= 15 is 0 Å². The van der Waals surface area contributed by atoms with Gasteiger partial charge in [-0.15, -0.1) is 0 Å². The summed E-state index contributed by atoms with van der Waals surface area (Å²) in [5, 5.41) is 8.92. The van der Waals surface area contributed by atoms with Crippen molar-refractivity contribution in [1.29, 1.82) is 0 Å². The van der Waals surface area contributed by atoms with E-state index < -0.39 is 24.4 Å². The van der Waals surface area contributed by atoms with Crippen LogP contribution in [-0.2, 0) is 9.53 Å². The molecule has 0 aliphatic rings. The first-order valence-electron chi connectivity index (χ1n) is 4.17. The van der Waals surface area contributed by atoms with Crippen LogP contribution >= 0.6 is 0 Å². The van der Waals surface area contributed by atoms with Gasteiger partial charge in [-0.2, -0.15) is 8.78 Å². The first-order chi connectivity index (χ1) is 5.94. The summed E-state index contributed by atoms with van der Waals surface area (Å²) in [6.45, 7) is 2.92. The van der Waals surface area contributed by atoms with Gasteiger partial charge in [0, 0.05) is 6.42 Å². The van der Waals surface area contributed by atoms with Crippen molar-refractivity contribution < 1.29 is 23.4 Å². The van der Waals surface area contributed by atoms with E-state index in [0.717, 1.165) is 0 Å². The number of ether oxygens (including phenoxy) is 1. The third kappa shape index (κ3) is 4.17. The molecule has 0 aromatic carbocycles. The largest absolute Gasteiger partial charge is 0.462 e. The Morgan fingerprint density at radius 1 is 1.54 bits per heavy atom. The van der Waals surface area contributed by atoms with Gasteiger partial charge in [-0.05, 0) is 13.3 Å². The zero-order valence-electron chi connectivity index (χ0n) is 7.72. The van der Waals surface area contributed by atoms with Gasteiger partial charge in [0.2, 0.25) is 0 Å². The van der Waals surface area contributed by atoms with Crippen LogP contribution in [0.4, 0.5) is 8.78 Å². The number of esters is 1. The maximum Gasteiger partial charge on any atom is 0.377 e. The molecule has 0 unspecified atom stereocenters. The standard InChI is InChI=1S/C8H14F2O3/c1-3-6(11)5-8(9,10)7(12)13-4-2/h6,11H,3-5H2,1-2H3/t6-/m0/s1. The quantitative estimate of drug-likeness (QED) is 0.675. The molecule has 3 nitrogen and oxygen atoms in total. The molecule has 5 heteroatoms. The summed E-state index contributed by atoms with van der Waals surface area (Å²) < 4.78 is 29.8. The van der Waals surface area contributed by atoms with Crippen molar-refractivity contribution in [3.05, 3.63) is 0 Å². The molecule has 0 fully saturated rings. The Kier molecular flexibility index (Phi) is 4.83. The topological polar surface area (TPSA) is 46.5 Å². The van der Waals surface area contributed by atoms with Gasteiger partial charge < -0.3 is 9.84 Å². The van der Waals surface area contributed by atoms with E-state index in [1.807, 2.05) is 0 Å². The predicted octanol–water partition coefficient (Wildman–Crippen LogP) is 1.35. The number of alkyl halides is 2. The summed E-state index contributed by atoms with van der Waals surface area (Å²) in [7, 11) is 0. The van der Waals surface area contributed by atoms with Gasteiger partial charge >= 0.3 is 11.9 Å². The molecule has 1 N–H and O–H groups in total. The molecule has 0 heterocycles. The van der Waals surface area contributed by atoms with E-state index in [1.165, 1.54) is 6.92 Å². The average Bonchev–Trinajstić information content (AvgIpc) is 2.04. The Hall–Kier alpha value is -0.710. The van der Waals surface area contributed by atoms with E-state index in [2.05, 4.69) is 4.74 Å². The number of aliphatic hydroxyl groups excluding tert-OH is 1. The van der Waals surface area contributed by atoms with Crippen molar-refractivity contribution in [2.75, 3.05) is 6.61 Å². The molecule has 0 saturated carbocycles. The Bertz CT molecular complexity index is 171. The van der Waals surface area contributed by atoms with Gasteiger partial charge in [-0.1, -0.05) is 6.92 Å². The van der Waals surface area contributed by atoms with Crippen molar-refractivity contribution in [2.24, 2.45) is 0 Å². The fraction of sp³-hybridized carbons (Fsp3) is 0.875. The van der Waals surface area contributed by atoms with Crippen LogP contribution < -0.4 is 0 Å². The highest BCUT2D eigenvalue weighted by Gasteiger charge is 2.41. The molecule has 0 aromatic rings. The van der Waals surface area contributed by atoms with Gasteiger partial charge in [0.1, 0.15) is 0 Å². The van der Waals surface area contributed by atoms with E-state index in [1.54, 1.807) is 6.92 Å². The third-order valence-electron chi connectivity index (χ3n) is 1.54. The zero-order valence-corrected chi connectivity index (χ0v) is 7.72. The second kappa shape index (κ2) is 5.11. The molecule has 13 heavy (non-hydrogen) atoms. The molecule has 1 atom stereocenters. The predicted molar refractivity (Wildman–Crippen MR) is 42.5 cm³/mol. The third-order valence-corrected chi connectivity index (χ3v) is 1.54. The Labute approximate surface area is 75.7 Å². The molecule has 0 rings (SSSR count). The normalized spacial score (nSPS) is 13.9. The molecule has 78 valence electrons. The second-order valence-corrected chi connectivity index (χ2v) is 2.69. The van der Waals surface area contributed by atoms with Gasteiger partial charge in [0.15, 0.2) is 0 Å². The summed E-state index contributed by atoms with van der Waals surface area (Å²) >= 11 is 0. The number of rotatable bonds is 5. The lowest BCUT2D eigenvalue weighted by Gasteiger charge is -2.16. The van der Waals surface area contributed by atoms with Crippen LogP contribution in [0, 0.1) is 0 Å². The minimum Gasteiger partial charge on any atom is -0.462 e. The van der Waals surface area contributed by atoms with Crippen molar-refractivity contribution in [3.8, 4) is 0 Å². The lowest BCUT2D eigenvalue weighted by Crippen LogP contribution is -2.34. The summed E-state index contributed by atoms with van der Waals surface area (Å²) in [6, 6.07) is 0. The molecular formula is C8H14F2O3. The molecule has 0 amide bonds. The SMILES string of the molecule is CCOC(=O)C(F)(F)C[C@@H](O)CC. The summed E-state index contributed by atoms with van der Waals surface area (Å²) in [4.78, 5) is 10.6. The van der Waals surface area contributed by atoms with Crippen LogP contribution in [0.1, 0.15) is 26.7 Å². The number of carbonyl (C=O) groups is 1.